The van der Waals surface area contributed by atoms with Gasteiger partial charge in [-0.05, 0) is 77.2 Å². The summed E-state index contributed by atoms with van der Waals surface area (Å²) in [6, 6.07) is 5.90. The first-order valence-corrected chi connectivity index (χ1v) is 13.0. The minimum absolute atomic E-state index is 0.00934. The molecule has 0 heterocycles. The molecule has 0 unspecified atom stereocenters. The number of nitrogens with zero attached hydrogens (tertiary/aromatic N) is 3. The number of hydrogen-bond acceptors (Lipinski definition) is 5. The van der Waals surface area contributed by atoms with Crippen molar-refractivity contribution in [2.45, 2.75) is 89.7 Å². The first-order chi connectivity index (χ1) is 16.4. The lowest BCUT2D eigenvalue weighted by atomic mass is 9.92. The predicted molar refractivity (Wildman–Crippen MR) is 137 cm³/mol. The van der Waals surface area contributed by atoms with Crippen molar-refractivity contribution >= 4 is 17.4 Å². The maximum atomic E-state index is 12.6. The maximum Gasteiger partial charge on any atom is 0.321 e. The van der Waals surface area contributed by atoms with E-state index in [9.17, 15) is 14.9 Å². The number of unbranched alkanes of at least 4 members (excludes halogenated alkanes) is 5. The lowest BCUT2D eigenvalue weighted by Gasteiger charge is -2.34. The van der Waals surface area contributed by atoms with Gasteiger partial charge in [0.1, 0.15) is 0 Å². The molecule has 1 N–H and O–H groups in total. The smallest absolute Gasteiger partial charge is 0.321 e. The average Bonchev–Trinajstić information content (AvgIpc) is 2.84. The van der Waals surface area contributed by atoms with Crippen molar-refractivity contribution in [3.8, 4) is 0 Å². The topological polar surface area (TPSA) is 88.0 Å². The second-order valence-corrected chi connectivity index (χ2v) is 9.57. The number of benzene rings is 1. The fourth-order valence-corrected chi connectivity index (χ4v) is 4.47. The number of carbonyl (C=O) groups is 1. The monoisotopic (exact) mass is 476 g/mol. The molecule has 0 spiro atoms. The fraction of sp³-hybridized carbons (Fsp3) is 0.731. The Morgan fingerprint density at radius 2 is 1.62 bits per heavy atom. The molecule has 0 saturated heterocycles. The molecule has 192 valence electrons. The Morgan fingerprint density at radius 1 is 1.00 bits per heavy atom. The molecule has 8 heteroatoms. The fourth-order valence-electron chi connectivity index (χ4n) is 4.47. The second-order valence-electron chi connectivity index (χ2n) is 9.57. The van der Waals surface area contributed by atoms with Crippen molar-refractivity contribution in [2.75, 3.05) is 39.1 Å². The lowest BCUT2D eigenvalue weighted by molar-refractivity contribution is -0.384. The second kappa shape index (κ2) is 15.7. The van der Waals surface area contributed by atoms with Crippen molar-refractivity contribution in [2.24, 2.45) is 0 Å². The molecule has 1 fully saturated rings. The SMILES string of the molecule is CCCCCN(C)CCCCCCO[C@H]1CC[C@H](N(C)C(=O)Nc2ccc([N+](=O)[O-])cc2)CC1. The van der Waals surface area contributed by atoms with E-state index in [-0.39, 0.29) is 17.8 Å². The van der Waals surface area contributed by atoms with Crippen LogP contribution in [0.3, 0.4) is 0 Å². The molecule has 8 nitrogen and oxygen atoms in total. The van der Waals surface area contributed by atoms with E-state index < -0.39 is 4.92 Å². The number of hydrogen-bond donors (Lipinski definition) is 1. The third-order valence-corrected chi connectivity index (χ3v) is 6.77. The highest BCUT2D eigenvalue weighted by atomic mass is 16.6. The molecule has 2 rings (SSSR count). The molecule has 34 heavy (non-hydrogen) atoms. The summed E-state index contributed by atoms with van der Waals surface area (Å²) in [6.07, 6.45) is 12.9. The molecular weight excluding hydrogens is 432 g/mol. The zero-order valence-corrected chi connectivity index (χ0v) is 21.3. The Hall–Kier alpha value is -2.19. The van der Waals surface area contributed by atoms with E-state index in [1.54, 1.807) is 17.0 Å². The van der Waals surface area contributed by atoms with E-state index in [1.807, 2.05) is 7.05 Å². The van der Waals surface area contributed by atoms with Crippen LogP contribution in [0.5, 0.6) is 0 Å². The zero-order chi connectivity index (χ0) is 24.8. The van der Waals surface area contributed by atoms with Gasteiger partial charge in [-0.25, -0.2) is 4.79 Å². The minimum Gasteiger partial charge on any atom is -0.378 e. The number of nitro benzene ring substituents is 1. The molecule has 0 atom stereocenters. The van der Waals surface area contributed by atoms with Gasteiger partial charge in [-0.1, -0.05) is 32.6 Å². The van der Waals surface area contributed by atoms with Crippen LogP contribution in [-0.4, -0.2) is 66.7 Å². The van der Waals surface area contributed by atoms with Gasteiger partial charge in [-0.15, -0.1) is 0 Å². The van der Waals surface area contributed by atoms with Gasteiger partial charge >= 0.3 is 6.03 Å². The lowest BCUT2D eigenvalue weighted by Crippen LogP contribution is -2.42. The first-order valence-electron chi connectivity index (χ1n) is 13.0. The standard InChI is InChI=1S/C26H44N4O4/c1-4-5-8-19-28(2)20-9-6-7-10-21-34-25-17-15-23(16-18-25)29(3)26(31)27-22-11-13-24(14-12-22)30(32)33/h11-14,23,25H,4-10,15-21H2,1-3H3,(H,27,31)/t23-,25-. The van der Waals surface area contributed by atoms with Crippen LogP contribution < -0.4 is 5.32 Å². The van der Waals surface area contributed by atoms with Gasteiger partial charge in [-0.2, -0.15) is 0 Å². The first kappa shape index (κ1) is 28.1. The van der Waals surface area contributed by atoms with Crippen LogP contribution in [-0.2, 0) is 4.74 Å². The highest BCUT2D eigenvalue weighted by Crippen LogP contribution is 2.25. The Bertz CT molecular complexity index is 720. The van der Waals surface area contributed by atoms with Gasteiger partial charge in [0.15, 0.2) is 0 Å². The number of carbonyl (C=O) groups excluding carboxylic acids is 1. The van der Waals surface area contributed by atoms with Crippen molar-refractivity contribution < 1.29 is 14.5 Å². The summed E-state index contributed by atoms with van der Waals surface area (Å²) >= 11 is 0. The van der Waals surface area contributed by atoms with Crippen LogP contribution in [0.2, 0.25) is 0 Å². The molecule has 1 saturated carbocycles. The van der Waals surface area contributed by atoms with Crippen LogP contribution in [0.25, 0.3) is 0 Å². The number of amides is 2. The van der Waals surface area contributed by atoms with Crippen LogP contribution in [0.15, 0.2) is 24.3 Å². The summed E-state index contributed by atoms with van der Waals surface area (Å²) in [5.74, 6) is 0. The third kappa shape index (κ3) is 10.4. The van der Waals surface area contributed by atoms with Crippen molar-refractivity contribution in [1.29, 1.82) is 0 Å². The normalized spacial score (nSPS) is 18.1. The summed E-state index contributed by atoms with van der Waals surface area (Å²) in [4.78, 5) is 27.1. The van der Waals surface area contributed by atoms with Crippen molar-refractivity contribution in [1.82, 2.24) is 9.80 Å². The van der Waals surface area contributed by atoms with Gasteiger partial charge in [0.05, 0.1) is 11.0 Å². The molecule has 2 amide bonds. The molecule has 1 aliphatic rings. The van der Waals surface area contributed by atoms with Crippen molar-refractivity contribution in [3.63, 3.8) is 0 Å². The molecular formula is C26H44N4O4. The summed E-state index contributed by atoms with van der Waals surface area (Å²) < 4.78 is 6.11. The highest BCUT2D eigenvalue weighted by molar-refractivity contribution is 5.89. The predicted octanol–water partition coefficient (Wildman–Crippen LogP) is 6.07. The van der Waals surface area contributed by atoms with Crippen LogP contribution in [0.1, 0.15) is 77.6 Å². The van der Waals surface area contributed by atoms with Gasteiger partial charge in [0, 0.05) is 37.5 Å². The maximum absolute atomic E-state index is 12.6. The van der Waals surface area contributed by atoms with Gasteiger partial charge in [0.2, 0.25) is 0 Å². The van der Waals surface area contributed by atoms with Crippen LogP contribution in [0, 0.1) is 10.1 Å². The number of rotatable bonds is 15. The van der Waals surface area contributed by atoms with E-state index in [2.05, 4.69) is 24.2 Å². The third-order valence-electron chi connectivity index (χ3n) is 6.77. The summed E-state index contributed by atoms with van der Waals surface area (Å²) in [7, 11) is 4.04. The molecule has 1 aromatic rings. The Balaban J connectivity index is 1.54. The van der Waals surface area contributed by atoms with Crippen molar-refractivity contribution in [3.05, 3.63) is 34.4 Å². The van der Waals surface area contributed by atoms with Crippen LogP contribution in [0.4, 0.5) is 16.2 Å². The van der Waals surface area contributed by atoms with E-state index in [0.717, 1.165) is 38.7 Å². The number of ether oxygens (including phenoxy) is 1. The van der Waals surface area contributed by atoms with E-state index >= 15 is 0 Å². The molecule has 1 aliphatic carbocycles. The minimum atomic E-state index is -0.451. The largest absolute Gasteiger partial charge is 0.378 e. The molecule has 1 aromatic carbocycles. The number of nitro groups is 1. The van der Waals surface area contributed by atoms with Crippen LogP contribution >= 0.6 is 0 Å². The summed E-state index contributed by atoms with van der Waals surface area (Å²) in [5.41, 5.74) is 0.567. The Labute approximate surface area is 205 Å². The molecule has 0 aromatic heterocycles. The molecule has 0 aliphatic heterocycles. The van der Waals surface area contributed by atoms with Gasteiger partial charge in [0.25, 0.3) is 5.69 Å². The van der Waals surface area contributed by atoms with E-state index in [4.69, 9.17) is 4.74 Å². The van der Waals surface area contributed by atoms with E-state index in [1.165, 1.54) is 63.7 Å². The number of non-ortho nitro benzene ring substituents is 1. The summed E-state index contributed by atoms with van der Waals surface area (Å²) in [6.45, 7) is 5.49. The number of nitrogens with one attached hydrogen (secondary N) is 1. The van der Waals surface area contributed by atoms with Gasteiger partial charge in [-0.3, -0.25) is 10.1 Å². The number of anilines is 1. The highest BCUT2D eigenvalue weighted by Gasteiger charge is 2.27. The number of urea groups is 1. The molecule has 0 bridgehead atoms. The van der Waals surface area contributed by atoms with E-state index in [0.29, 0.717) is 11.8 Å². The quantitative estimate of drug-likeness (QED) is 0.189. The van der Waals surface area contributed by atoms with Gasteiger partial charge < -0.3 is 19.9 Å². The average molecular weight is 477 g/mol. The Kier molecular flexibility index (Phi) is 12.9. The molecule has 0 radical (unpaired) electrons. The zero-order valence-electron chi connectivity index (χ0n) is 21.3. The summed E-state index contributed by atoms with van der Waals surface area (Å²) in [5, 5.41) is 13.6. The Morgan fingerprint density at radius 3 is 2.24 bits per heavy atom.